The van der Waals surface area contributed by atoms with Gasteiger partial charge in [-0.05, 0) is 0 Å². The molecular weight excluding hydrogens is 236 g/mol. The van der Waals surface area contributed by atoms with E-state index in [9.17, 15) is 19.6 Å². The summed E-state index contributed by atoms with van der Waals surface area (Å²) in [6.45, 7) is 0. The molecule has 1 saturated heterocycles. The van der Waals surface area contributed by atoms with Crippen molar-refractivity contribution in [3.05, 3.63) is 0 Å². The van der Waals surface area contributed by atoms with Gasteiger partial charge in [-0.1, -0.05) is 0 Å². The summed E-state index contributed by atoms with van der Waals surface area (Å²) in [5, 5.41) is 17.7. The first-order valence-electron chi connectivity index (χ1n) is 4.36. The lowest BCUT2D eigenvalue weighted by molar-refractivity contribution is -1.12. The van der Waals surface area contributed by atoms with Gasteiger partial charge in [0.1, 0.15) is 4.81 Å². The summed E-state index contributed by atoms with van der Waals surface area (Å²) in [6, 6.07) is 1.80. The molecule has 0 atom stereocenters. The molecule has 16 heavy (non-hydrogen) atoms. The van der Waals surface area contributed by atoms with Crippen LogP contribution in [0, 0.1) is 11.3 Å². The van der Waals surface area contributed by atoms with E-state index in [2.05, 4.69) is 4.84 Å². The summed E-state index contributed by atoms with van der Waals surface area (Å²) < 4.78 is 0. The number of amides is 2. The molecule has 86 valence electrons. The molecule has 0 aromatic rings. The normalized spacial score (nSPS) is 18.2. The van der Waals surface area contributed by atoms with E-state index in [-0.39, 0.29) is 24.3 Å². The highest BCUT2D eigenvalue weighted by Crippen LogP contribution is 2.21. The topological polar surface area (TPSA) is 104 Å². The fourth-order valence-electron chi connectivity index (χ4n) is 1.11. The predicted molar refractivity (Wildman–Crippen MR) is 50.3 cm³/mol. The summed E-state index contributed by atoms with van der Waals surface area (Å²) in [5.41, 5.74) is 0. The first-order valence-corrected chi connectivity index (χ1v) is 5.52. The third-order valence-electron chi connectivity index (χ3n) is 1.85. The van der Waals surface area contributed by atoms with Crippen LogP contribution in [-0.2, 0) is 19.2 Å². The molecule has 0 aromatic carbocycles. The smallest absolute Gasteiger partial charge is 0.244 e. The number of hydroxylamine groups is 4. The van der Waals surface area contributed by atoms with Crippen molar-refractivity contribution < 1.29 is 29.2 Å². The van der Waals surface area contributed by atoms with Crippen molar-refractivity contribution >= 4 is 29.5 Å². The highest BCUT2D eigenvalue weighted by Gasteiger charge is 2.55. The fraction of sp³-hybridized carbons (Fsp3) is 0.500. The van der Waals surface area contributed by atoms with Crippen LogP contribution >= 0.6 is 11.8 Å². The van der Waals surface area contributed by atoms with Crippen LogP contribution in [0.2, 0.25) is 0 Å². The molecule has 1 rings (SSSR count). The number of imide groups is 1. The number of carbonyl (C=O) groups is 3. The number of quaternary nitrogens is 1. The second-order valence-corrected chi connectivity index (χ2v) is 3.96. The largest absolute Gasteiger partial charge is 0.397 e. The van der Waals surface area contributed by atoms with Crippen LogP contribution in [0.5, 0.6) is 0 Å². The van der Waals surface area contributed by atoms with Crippen molar-refractivity contribution in [2.45, 2.75) is 12.8 Å². The Morgan fingerprint density at radius 2 is 2.06 bits per heavy atom. The molecule has 1 heterocycles. The average Bonchev–Trinajstić information content (AvgIpc) is 2.47. The Kier molecular flexibility index (Phi) is 4.00. The first-order chi connectivity index (χ1) is 7.50. The summed E-state index contributed by atoms with van der Waals surface area (Å²) in [6.07, 6.45) is -0.290. The Morgan fingerprint density at radius 3 is 2.56 bits per heavy atom. The van der Waals surface area contributed by atoms with Crippen LogP contribution < -0.4 is 0 Å². The molecule has 0 spiro atoms. The molecular formula is C8H9N2O5S+. The third-order valence-corrected chi connectivity index (χ3v) is 2.62. The zero-order valence-corrected chi connectivity index (χ0v) is 9.03. The van der Waals surface area contributed by atoms with Gasteiger partial charge >= 0.3 is 17.8 Å². The summed E-state index contributed by atoms with van der Waals surface area (Å²) in [4.78, 5) is 35.9. The Balaban J connectivity index is 2.53. The van der Waals surface area contributed by atoms with Gasteiger partial charge in [0.05, 0.1) is 30.4 Å². The van der Waals surface area contributed by atoms with E-state index in [1.807, 2.05) is 0 Å². The minimum atomic E-state index is -1.90. The van der Waals surface area contributed by atoms with Crippen LogP contribution in [0.25, 0.3) is 0 Å². The van der Waals surface area contributed by atoms with Gasteiger partial charge in [-0.2, -0.15) is 10.5 Å². The predicted octanol–water partition coefficient (Wildman–Crippen LogP) is -0.246. The second-order valence-electron chi connectivity index (χ2n) is 2.98. The number of thioether (sulfide) groups is 1. The van der Waals surface area contributed by atoms with Gasteiger partial charge in [-0.3, -0.25) is 0 Å². The molecule has 7 nitrogen and oxygen atoms in total. The second kappa shape index (κ2) is 5.07. The maximum absolute atomic E-state index is 11.1. The van der Waals surface area contributed by atoms with Gasteiger partial charge in [0.2, 0.25) is 0 Å². The van der Waals surface area contributed by atoms with Gasteiger partial charge < -0.3 is 0 Å². The molecule has 0 aromatic heterocycles. The zero-order chi connectivity index (χ0) is 12.2. The maximum Gasteiger partial charge on any atom is 0.397 e. The number of hydrogen-bond donors (Lipinski definition) is 1. The molecule has 1 N–H and O–H groups in total. The highest BCUT2D eigenvalue weighted by molar-refractivity contribution is 8.00. The monoisotopic (exact) mass is 245 g/mol. The lowest BCUT2D eigenvalue weighted by Crippen LogP contribution is -2.50. The summed E-state index contributed by atoms with van der Waals surface area (Å²) in [5.74, 6) is -2.74. The van der Waals surface area contributed by atoms with Gasteiger partial charge in [0.25, 0.3) is 0 Å². The lowest BCUT2D eigenvalue weighted by Gasteiger charge is -2.15. The Labute approximate surface area is 95.1 Å². The van der Waals surface area contributed by atoms with Gasteiger partial charge in [-0.25, -0.2) is 19.2 Å². The van der Waals surface area contributed by atoms with Crippen molar-refractivity contribution in [2.24, 2.45) is 0 Å². The van der Waals surface area contributed by atoms with Gasteiger partial charge in [-0.15, -0.1) is 11.8 Å². The van der Waals surface area contributed by atoms with E-state index in [4.69, 9.17) is 5.26 Å². The number of rotatable bonds is 4. The molecule has 1 fully saturated rings. The molecule has 0 aliphatic carbocycles. The first kappa shape index (κ1) is 12.6. The van der Waals surface area contributed by atoms with E-state index in [0.717, 1.165) is 11.8 Å². The molecule has 0 bridgehead atoms. The van der Waals surface area contributed by atoms with E-state index in [1.54, 1.807) is 6.07 Å². The van der Waals surface area contributed by atoms with E-state index >= 15 is 0 Å². The number of nitrogens with zero attached hydrogens (tertiary/aromatic N) is 2. The van der Waals surface area contributed by atoms with Crippen LogP contribution in [0.3, 0.4) is 0 Å². The Bertz CT molecular complexity index is 359. The minimum Gasteiger partial charge on any atom is -0.244 e. The van der Waals surface area contributed by atoms with Crippen molar-refractivity contribution in [3.63, 3.8) is 0 Å². The van der Waals surface area contributed by atoms with Crippen molar-refractivity contribution in [3.8, 4) is 6.07 Å². The lowest BCUT2D eigenvalue weighted by atomic mass is 10.4. The number of nitriles is 1. The van der Waals surface area contributed by atoms with Crippen molar-refractivity contribution in [2.75, 3.05) is 11.5 Å². The quantitative estimate of drug-likeness (QED) is 0.315. The molecule has 2 amide bonds. The van der Waals surface area contributed by atoms with Crippen LogP contribution in [0.15, 0.2) is 0 Å². The van der Waals surface area contributed by atoms with E-state index in [1.165, 1.54) is 0 Å². The van der Waals surface area contributed by atoms with Crippen molar-refractivity contribution in [1.29, 1.82) is 5.26 Å². The van der Waals surface area contributed by atoms with Gasteiger partial charge in [0.15, 0.2) is 0 Å². The fourth-order valence-corrected chi connectivity index (χ4v) is 1.52. The highest BCUT2D eigenvalue weighted by atomic mass is 32.2. The Morgan fingerprint density at radius 1 is 1.50 bits per heavy atom. The molecule has 1 aliphatic rings. The molecule has 0 unspecified atom stereocenters. The summed E-state index contributed by atoms with van der Waals surface area (Å²) in [7, 11) is 0. The summed E-state index contributed by atoms with van der Waals surface area (Å²) >= 11 is 0.967. The molecule has 8 heteroatoms. The zero-order valence-electron chi connectivity index (χ0n) is 8.21. The SMILES string of the molecule is N#CCSCC(=O)O[N+]1(O)C(=O)CCC1=O. The number of carbonyl (C=O) groups excluding carboxylic acids is 3. The minimum absolute atomic E-state index is 0.0857. The molecule has 0 saturated carbocycles. The average molecular weight is 245 g/mol. The van der Waals surface area contributed by atoms with Crippen LogP contribution in [0.4, 0.5) is 0 Å². The Hall–Kier alpha value is -1.43. The van der Waals surface area contributed by atoms with E-state index < -0.39 is 22.6 Å². The van der Waals surface area contributed by atoms with Crippen LogP contribution in [-0.4, -0.2) is 39.3 Å². The van der Waals surface area contributed by atoms with Crippen LogP contribution in [0.1, 0.15) is 12.8 Å². The van der Waals surface area contributed by atoms with Crippen molar-refractivity contribution in [1.82, 2.24) is 0 Å². The van der Waals surface area contributed by atoms with E-state index in [0.29, 0.717) is 0 Å². The number of hydrogen-bond acceptors (Lipinski definition) is 7. The molecule has 1 aliphatic heterocycles. The molecule has 0 radical (unpaired) electrons. The standard InChI is InChI=1S/C8H9N2O5S/c9-3-4-16-5-8(13)15-10(14)6(11)1-2-7(10)12/h14H,1-2,4-5H2/q+1. The maximum atomic E-state index is 11.1. The van der Waals surface area contributed by atoms with Gasteiger partial charge in [0, 0.05) is 0 Å². The third kappa shape index (κ3) is 2.57.